The molecule has 0 aliphatic rings. The van der Waals surface area contributed by atoms with E-state index in [4.69, 9.17) is 11.6 Å². The lowest BCUT2D eigenvalue weighted by molar-refractivity contribution is -0.114. The smallest absolute Gasteiger partial charge is 0.316 e. The Morgan fingerprint density at radius 3 is 2.42 bits per heavy atom. The standard InChI is InChI=1S/C17H17ClN4O3S/c1-10(23)9-26-16-19-14-13(20(16)2)15(24)22(17(25)21(14)3)8-11-4-6-12(18)7-5-11/h4-7H,8-9H2,1-3H3. The summed E-state index contributed by atoms with van der Waals surface area (Å²) in [4.78, 5) is 41.2. The van der Waals surface area contributed by atoms with Gasteiger partial charge in [-0.3, -0.25) is 18.7 Å². The van der Waals surface area contributed by atoms with Crippen LogP contribution in [0.5, 0.6) is 0 Å². The topological polar surface area (TPSA) is 78.9 Å². The van der Waals surface area contributed by atoms with Crippen molar-refractivity contribution in [3.05, 3.63) is 55.7 Å². The number of ketones is 1. The van der Waals surface area contributed by atoms with Crippen LogP contribution in [0.1, 0.15) is 12.5 Å². The molecule has 2 heterocycles. The minimum absolute atomic E-state index is 0.0103. The van der Waals surface area contributed by atoms with Crippen molar-refractivity contribution in [2.45, 2.75) is 18.6 Å². The van der Waals surface area contributed by atoms with Crippen molar-refractivity contribution in [2.24, 2.45) is 14.1 Å². The van der Waals surface area contributed by atoms with Crippen LogP contribution in [0.25, 0.3) is 11.2 Å². The highest BCUT2D eigenvalue weighted by molar-refractivity contribution is 7.99. The van der Waals surface area contributed by atoms with Crippen LogP contribution in [0.15, 0.2) is 39.0 Å². The number of halogens is 1. The molecule has 0 spiro atoms. The molecule has 0 amide bonds. The Labute approximate surface area is 158 Å². The van der Waals surface area contributed by atoms with Gasteiger partial charge in [-0.1, -0.05) is 35.5 Å². The molecule has 3 aromatic rings. The Morgan fingerprint density at radius 1 is 1.15 bits per heavy atom. The Hall–Kier alpha value is -2.32. The molecule has 2 aromatic heterocycles. The average Bonchev–Trinajstić information content (AvgIpc) is 2.93. The van der Waals surface area contributed by atoms with Gasteiger partial charge in [-0.2, -0.15) is 0 Å². The number of carbonyl (C=O) groups excluding carboxylic acids is 1. The van der Waals surface area contributed by atoms with Gasteiger partial charge in [0.05, 0.1) is 12.3 Å². The van der Waals surface area contributed by atoms with Crippen molar-refractivity contribution in [2.75, 3.05) is 5.75 Å². The lowest BCUT2D eigenvalue weighted by Crippen LogP contribution is -2.39. The summed E-state index contributed by atoms with van der Waals surface area (Å²) in [6.07, 6.45) is 0. The summed E-state index contributed by atoms with van der Waals surface area (Å²) in [5.41, 5.74) is 0.565. The monoisotopic (exact) mass is 392 g/mol. The molecule has 0 fully saturated rings. The number of hydrogen-bond donors (Lipinski definition) is 0. The maximum Gasteiger partial charge on any atom is 0.332 e. The summed E-state index contributed by atoms with van der Waals surface area (Å²) in [6.45, 7) is 1.63. The molecule has 0 radical (unpaired) electrons. The van der Waals surface area contributed by atoms with Gasteiger partial charge in [-0.15, -0.1) is 0 Å². The zero-order valence-electron chi connectivity index (χ0n) is 14.5. The first-order chi connectivity index (χ1) is 12.3. The third-order valence-electron chi connectivity index (χ3n) is 3.98. The van der Waals surface area contributed by atoms with Crippen molar-refractivity contribution in [3.8, 4) is 0 Å². The molecular formula is C17H17ClN4O3S. The highest BCUT2D eigenvalue weighted by atomic mass is 35.5. The van der Waals surface area contributed by atoms with E-state index in [0.29, 0.717) is 21.3 Å². The van der Waals surface area contributed by atoms with Gasteiger partial charge in [-0.05, 0) is 24.6 Å². The van der Waals surface area contributed by atoms with Gasteiger partial charge in [-0.25, -0.2) is 9.78 Å². The Bertz CT molecular complexity index is 1110. The van der Waals surface area contributed by atoms with Crippen molar-refractivity contribution in [1.82, 2.24) is 18.7 Å². The number of thioether (sulfide) groups is 1. The summed E-state index contributed by atoms with van der Waals surface area (Å²) < 4.78 is 4.15. The molecule has 0 saturated carbocycles. The molecule has 0 aliphatic carbocycles. The van der Waals surface area contributed by atoms with E-state index < -0.39 is 11.2 Å². The predicted molar refractivity (Wildman–Crippen MR) is 102 cm³/mol. The normalized spacial score (nSPS) is 11.2. The lowest BCUT2D eigenvalue weighted by Gasteiger charge is -2.09. The van der Waals surface area contributed by atoms with Gasteiger partial charge in [0, 0.05) is 19.1 Å². The van der Waals surface area contributed by atoms with E-state index >= 15 is 0 Å². The first-order valence-corrected chi connectivity index (χ1v) is 9.19. The number of rotatable bonds is 5. The van der Waals surface area contributed by atoms with Gasteiger partial charge in [0.25, 0.3) is 5.56 Å². The molecule has 26 heavy (non-hydrogen) atoms. The zero-order chi connectivity index (χ0) is 19.0. The van der Waals surface area contributed by atoms with E-state index in [1.807, 2.05) is 0 Å². The van der Waals surface area contributed by atoms with E-state index in [1.165, 1.54) is 27.8 Å². The largest absolute Gasteiger partial charge is 0.332 e. The van der Waals surface area contributed by atoms with Crippen LogP contribution in [-0.4, -0.2) is 30.2 Å². The number of carbonyl (C=O) groups is 1. The molecule has 0 N–H and O–H groups in total. The predicted octanol–water partition coefficient (Wildman–Crippen LogP) is 1.82. The SMILES string of the molecule is CC(=O)CSc1nc2c(c(=O)n(Cc3ccc(Cl)cc3)c(=O)n2C)n1C. The van der Waals surface area contributed by atoms with E-state index in [0.717, 1.165) is 5.56 Å². The second-order valence-corrected chi connectivity index (χ2v) is 7.35. The third kappa shape index (κ3) is 3.34. The number of hydrogen-bond acceptors (Lipinski definition) is 5. The molecule has 0 aliphatic heterocycles. The molecule has 9 heteroatoms. The van der Waals surface area contributed by atoms with Crippen molar-refractivity contribution >= 4 is 40.3 Å². The molecule has 0 bridgehead atoms. The maximum absolute atomic E-state index is 12.9. The molecular weight excluding hydrogens is 376 g/mol. The highest BCUT2D eigenvalue weighted by Gasteiger charge is 2.19. The van der Waals surface area contributed by atoms with Gasteiger partial charge in [0.15, 0.2) is 16.3 Å². The van der Waals surface area contributed by atoms with Crippen molar-refractivity contribution < 1.29 is 4.79 Å². The van der Waals surface area contributed by atoms with Gasteiger partial charge < -0.3 is 4.57 Å². The second kappa shape index (κ2) is 7.13. The van der Waals surface area contributed by atoms with Crippen LogP contribution in [0.4, 0.5) is 0 Å². The lowest BCUT2D eigenvalue weighted by atomic mass is 10.2. The van der Waals surface area contributed by atoms with Crippen molar-refractivity contribution in [3.63, 3.8) is 0 Å². The number of aromatic nitrogens is 4. The number of imidazole rings is 1. The fourth-order valence-corrected chi connectivity index (χ4v) is 3.52. The molecule has 136 valence electrons. The van der Waals surface area contributed by atoms with E-state index in [1.54, 1.807) is 42.9 Å². The van der Waals surface area contributed by atoms with Gasteiger partial charge in [0.2, 0.25) is 0 Å². The molecule has 1 aromatic carbocycles. The number of fused-ring (bicyclic) bond motifs is 1. The zero-order valence-corrected chi connectivity index (χ0v) is 16.1. The summed E-state index contributed by atoms with van der Waals surface area (Å²) >= 11 is 7.12. The van der Waals surface area contributed by atoms with Crippen molar-refractivity contribution in [1.29, 1.82) is 0 Å². The van der Waals surface area contributed by atoms with E-state index in [-0.39, 0.29) is 18.1 Å². The molecule has 0 unspecified atom stereocenters. The summed E-state index contributed by atoms with van der Waals surface area (Å²) in [5.74, 6) is 0.264. The van der Waals surface area contributed by atoms with Crippen LogP contribution in [0.3, 0.4) is 0 Å². The Kier molecular flexibility index (Phi) is 5.06. The second-order valence-electron chi connectivity index (χ2n) is 5.98. The van der Waals surface area contributed by atoms with Gasteiger partial charge in [0.1, 0.15) is 5.78 Å². The maximum atomic E-state index is 12.9. The number of aryl methyl sites for hydroxylation is 2. The summed E-state index contributed by atoms with van der Waals surface area (Å²) in [7, 11) is 3.28. The Morgan fingerprint density at radius 2 is 1.81 bits per heavy atom. The summed E-state index contributed by atoms with van der Waals surface area (Å²) in [5, 5.41) is 1.11. The minimum Gasteiger partial charge on any atom is -0.316 e. The molecule has 0 atom stereocenters. The van der Waals surface area contributed by atoms with Crippen LogP contribution in [-0.2, 0) is 25.4 Å². The molecule has 7 nitrogen and oxygen atoms in total. The fraction of sp³-hybridized carbons (Fsp3) is 0.294. The van der Waals surface area contributed by atoms with Crippen LogP contribution in [0, 0.1) is 0 Å². The van der Waals surface area contributed by atoms with E-state index in [2.05, 4.69) is 4.98 Å². The number of benzene rings is 1. The highest BCUT2D eigenvalue weighted by Crippen LogP contribution is 2.20. The minimum atomic E-state index is -0.446. The van der Waals surface area contributed by atoms with Gasteiger partial charge >= 0.3 is 5.69 Å². The number of nitrogens with zero attached hydrogens (tertiary/aromatic N) is 4. The number of Topliss-reactive ketones (excluding diaryl/α,β-unsaturated/α-hetero) is 1. The Balaban J connectivity index is 2.14. The van der Waals surface area contributed by atoms with Crippen LogP contribution in [0.2, 0.25) is 5.02 Å². The molecule has 0 saturated heterocycles. The van der Waals surface area contributed by atoms with Crippen LogP contribution < -0.4 is 11.2 Å². The quantitative estimate of drug-likeness (QED) is 0.619. The first-order valence-electron chi connectivity index (χ1n) is 7.82. The first kappa shape index (κ1) is 18.5. The van der Waals surface area contributed by atoms with E-state index in [9.17, 15) is 14.4 Å². The van der Waals surface area contributed by atoms with Crippen LogP contribution >= 0.6 is 23.4 Å². The third-order valence-corrected chi connectivity index (χ3v) is 5.40. The average molecular weight is 393 g/mol. The molecule has 3 rings (SSSR count). The summed E-state index contributed by atoms with van der Waals surface area (Å²) in [6, 6.07) is 6.97. The fourth-order valence-electron chi connectivity index (χ4n) is 2.63.